The summed E-state index contributed by atoms with van der Waals surface area (Å²) in [5, 5.41) is 0. The van der Waals surface area contributed by atoms with Crippen LogP contribution in [0.2, 0.25) is 0 Å². The fourth-order valence-electron chi connectivity index (χ4n) is 3.02. The van der Waals surface area contributed by atoms with Gasteiger partial charge in [-0.1, -0.05) is 6.07 Å². The van der Waals surface area contributed by atoms with Gasteiger partial charge in [-0.2, -0.15) is 0 Å². The zero-order valence-electron chi connectivity index (χ0n) is 15.0. The Kier molecular flexibility index (Phi) is 4.79. The van der Waals surface area contributed by atoms with Crippen LogP contribution in [-0.4, -0.2) is 66.5 Å². The molecule has 1 aliphatic rings. The minimum Gasteiger partial charge on any atom is -0.378 e. The molecule has 3 rings (SSSR count). The van der Waals surface area contributed by atoms with E-state index in [1.54, 1.807) is 0 Å². The van der Waals surface area contributed by atoms with Gasteiger partial charge in [-0.3, -0.25) is 9.59 Å². The van der Waals surface area contributed by atoms with Crippen LogP contribution in [-0.2, 0) is 7.05 Å². The average molecular weight is 340 g/mol. The minimum absolute atomic E-state index is 0.0236. The number of aromatic nitrogens is 1. The van der Waals surface area contributed by atoms with Crippen LogP contribution in [0.15, 0.2) is 42.7 Å². The molecule has 1 aromatic heterocycles. The molecule has 2 heterocycles. The normalized spacial score (nSPS) is 14.5. The molecular weight excluding hydrogens is 316 g/mol. The summed E-state index contributed by atoms with van der Waals surface area (Å²) in [5.41, 5.74) is 2.39. The number of carbonyl (C=O) groups excluding carboxylic acids is 2. The maximum atomic E-state index is 12.7. The fraction of sp³-hybridized carbons (Fsp3) is 0.368. The predicted molar refractivity (Wildman–Crippen MR) is 98.0 cm³/mol. The number of nitrogens with zero attached hydrogens (tertiary/aromatic N) is 4. The zero-order chi connectivity index (χ0) is 18.0. The molecule has 0 aliphatic carbocycles. The Bertz CT molecular complexity index is 773. The number of hydrogen-bond acceptors (Lipinski definition) is 3. The lowest BCUT2D eigenvalue weighted by molar-refractivity contribution is 0.0535. The number of rotatable bonds is 3. The largest absolute Gasteiger partial charge is 0.378 e. The summed E-state index contributed by atoms with van der Waals surface area (Å²) in [6.45, 7) is 2.24. The number of benzene rings is 1. The molecule has 0 N–H and O–H groups in total. The lowest BCUT2D eigenvalue weighted by Gasteiger charge is -2.34. The first kappa shape index (κ1) is 17.1. The van der Waals surface area contributed by atoms with Gasteiger partial charge < -0.3 is 19.3 Å². The molecular formula is C19H24N4O2. The maximum absolute atomic E-state index is 12.7. The molecule has 1 saturated heterocycles. The third-order valence-electron chi connectivity index (χ3n) is 4.54. The topological polar surface area (TPSA) is 48.8 Å². The van der Waals surface area contributed by atoms with E-state index in [1.807, 2.05) is 83.1 Å². The van der Waals surface area contributed by atoms with Crippen molar-refractivity contribution in [2.24, 2.45) is 7.05 Å². The van der Waals surface area contributed by atoms with E-state index in [2.05, 4.69) is 0 Å². The summed E-state index contributed by atoms with van der Waals surface area (Å²) in [4.78, 5) is 30.8. The van der Waals surface area contributed by atoms with Gasteiger partial charge in [-0.05, 0) is 24.3 Å². The van der Waals surface area contributed by atoms with Crippen molar-refractivity contribution in [2.45, 2.75) is 0 Å². The molecule has 1 fully saturated rings. The number of hydrogen-bond donors (Lipinski definition) is 0. The summed E-state index contributed by atoms with van der Waals surface area (Å²) < 4.78 is 1.87. The van der Waals surface area contributed by atoms with Crippen LogP contribution in [0.25, 0.3) is 0 Å². The van der Waals surface area contributed by atoms with E-state index >= 15 is 0 Å². The first-order valence-electron chi connectivity index (χ1n) is 8.43. The third-order valence-corrected chi connectivity index (χ3v) is 4.54. The van der Waals surface area contributed by atoms with Crippen LogP contribution < -0.4 is 4.90 Å². The van der Waals surface area contributed by atoms with Crippen molar-refractivity contribution >= 4 is 17.5 Å². The van der Waals surface area contributed by atoms with Crippen LogP contribution in [0.5, 0.6) is 0 Å². The van der Waals surface area contributed by atoms with Crippen molar-refractivity contribution < 1.29 is 9.59 Å². The Morgan fingerprint density at radius 2 is 1.52 bits per heavy atom. The fourth-order valence-corrected chi connectivity index (χ4v) is 3.02. The van der Waals surface area contributed by atoms with E-state index in [-0.39, 0.29) is 11.8 Å². The summed E-state index contributed by atoms with van der Waals surface area (Å²) in [6.07, 6.45) is 3.69. The molecule has 0 atom stereocenters. The quantitative estimate of drug-likeness (QED) is 0.854. The van der Waals surface area contributed by atoms with Gasteiger partial charge >= 0.3 is 0 Å². The van der Waals surface area contributed by atoms with Gasteiger partial charge in [0.2, 0.25) is 0 Å². The van der Waals surface area contributed by atoms with Crippen molar-refractivity contribution in [3.05, 3.63) is 53.9 Å². The molecule has 0 radical (unpaired) electrons. The van der Waals surface area contributed by atoms with Crippen molar-refractivity contribution in [2.75, 3.05) is 45.2 Å². The number of amides is 2. The van der Waals surface area contributed by atoms with Crippen LogP contribution in [0.4, 0.5) is 5.69 Å². The van der Waals surface area contributed by atoms with E-state index in [0.717, 1.165) is 5.69 Å². The number of aryl methyl sites for hydroxylation is 1. The van der Waals surface area contributed by atoms with Gasteiger partial charge in [0, 0.05) is 71.0 Å². The standard InChI is InChI=1S/C19H24N4O2/c1-20(2)17-6-4-5-15(13-17)18(24)22-9-11-23(12-10-22)19(25)16-7-8-21(3)14-16/h4-8,13-14H,9-12H2,1-3H3. The van der Waals surface area contributed by atoms with E-state index in [4.69, 9.17) is 0 Å². The SMILES string of the molecule is CN(C)c1cccc(C(=O)N2CCN(C(=O)c3ccn(C)c3)CC2)c1. The maximum Gasteiger partial charge on any atom is 0.255 e. The highest BCUT2D eigenvalue weighted by atomic mass is 16.2. The molecule has 1 aliphatic heterocycles. The van der Waals surface area contributed by atoms with E-state index < -0.39 is 0 Å². The smallest absolute Gasteiger partial charge is 0.255 e. The molecule has 0 unspecified atom stereocenters. The molecule has 6 heteroatoms. The Labute approximate surface area is 148 Å². The molecule has 25 heavy (non-hydrogen) atoms. The minimum atomic E-state index is 0.0236. The highest BCUT2D eigenvalue weighted by molar-refractivity contribution is 5.96. The molecule has 0 bridgehead atoms. The lowest BCUT2D eigenvalue weighted by Crippen LogP contribution is -2.50. The van der Waals surface area contributed by atoms with Gasteiger partial charge in [-0.25, -0.2) is 0 Å². The lowest BCUT2D eigenvalue weighted by atomic mass is 10.1. The van der Waals surface area contributed by atoms with Crippen LogP contribution in [0.1, 0.15) is 20.7 Å². The van der Waals surface area contributed by atoms with Crippen molar-refractivity contribution in [3.8, 4) is 0 Å². The van der Waals surface area contributed by atoms with Crippen LogP contribution >= 0.6 is 0 Å². The molecule has 6 nitrogen and oxygen atoms in total. The van der Waals surface area contributed by atoms with Crippen LogP contribution in [0.3, 0.4) is 0 Å². The second kappa shape index (κ2) is 7.01. The third kappa shape index (κ3) is 3.68. The molecule has 132 valence electrons. The monoisotopic (exact) mass is 340 g/mol. The molecule has 2 amide bonds. The summed E-state index contributed by atoms with van der Waals surface area (Å²) in [6, 6.07) is 9.46. The van der Waals surface area contributed by atoms with Crippen molar-refractivity contribution in [1.29, 1.82) is 0 Å². The molecule has 1 aromatic carbocycles. The Morgan fingerprint density at radius 3 is 2.04 bits per heavy atom. The Morgan fingerprint density at radius 1 is 0.920 bits per heavy atom. The Hall–Kier alpha value is -2.76. The summed E-state index contributed by atoms with van der Waals surface area (Å²) in [7, 11) is 5.81. The Balaban J connectivity index is 1.63. The van der Waals surface area contributed by atoms with Gasteiger partial charge in [0.15, 0.2) is 0 Å². The molecule has 0 spiro atoms. The number of piperazine rings is 1. The van der Waals surface area contributed by atoms with Gasteiger partial charge in [0.25, 0.3) is 11.8 Å². The van der Waals surface area contributed by atoms with E-state index in [1.165, 1.54) is 0 Å². The van der Waals surface area contributed by atoms with E-state index in [9.17, 15) is 9.59 Å². The van der Waals surface area contributed by atoms with Crippen LogP contribution in [0, 0.1) is 0 Å². The summed E-state index contributed by atoms with van der Waals surface area (Å²) in [5.74, 6) is 0.0535. The van der Waals surface area contributed by atoms with Gasteiger partial charge in [0.05, 0.1) is 5.56 Å². The number of carbonyl (C=O) groups is 2. The second-order valence-corrected chi connectivity index (χ2v) is 6.59. The zero-order valence-corrected chi connectivity index (χ0v) is 15.0. The first-order valence-corrected chi connectivity index (χ1v) is 8.43. The highest BCUT2D eigenvalue weighted by Gasteiger charge is 2.25. The highest BCUT2D eigenvalue weighted by Crippen LogP contribution is 2.17. The van der Waals surface area contributed by atoms with E-state index in [0.29, 0.717) is 37.3 Å². The van der Waals surface area contributed by atoms with Gasteiger partial charge in [0.1, 0.15) is 0 Å². The summed E-state index contributed by atoms with van der Waals surface area (Å²) >= 11 is 0. The molecule has 2 aromatic rings. The predicted octanol–water partition coefficient (Wildman–Crippen LogP) is 1.69. The first-order chi connectivity index (χ1) is 12.0. The van der Waals surface area contributed by atoms with Gasteiger partial charge in [-0.15, -0.1) is 0 Å². The average Bonchev–Trinajstić information content (AvgIpc) is 3.07. The number of anilines is 1. The molecule has 0 saturated carbocycles. The second-order valence-electron chi connectivity index (χ2n) is 6.59. The van der Waals surface area contributed by atoms with Crippen molar-refractivity contribution in [1.82, 2.24) is 14.4 Å². The van der Waals surface area contributed by atoms with Crippen molar-refractivity contribution in [3.63, 3.8) is 0 Å².